The number of nitrogens with zero attached hydrogens (tertiary/aromatic N) is 1. The van der Waals surface area contributed by atoms with Crippen LogP contribution in [0.25, 0.3) is 0 Å². The summed E-state index contributed by atoms with van der Waals surface area (Å²) in [6.07, 6.45) is 1.76. The van der Waals surface area contributed by atoms with Gasteiger partial charge in [0.1, 0.15) is 6.54 Å². The van der Waals surface area contributed by atoms with Crippen LogP contribution in [0.3, 0.4) is 0 Å². The van der Waals surface area contributed by atoms with Gasteiger partial charge in [0.05, 0.1) is 11.9 Å². The number of amides is 1. The van der Waals surface area contributed by atoms with E-state index in [9.17, 15) is 13.2 Å². The Balaban J connectivity index is 1.91. The molecule has 6 nitrogen and oxygen atoms in total. The predicted octanol–water partition coefficient (Wildman–Crippen LogP) is 1.82. The van der Waals surface area contributed by atoms with Crippen LogP contribution in [0, 0.1) is 0 Å². The number of carbonyl (C=O) groups is 1. The van der Waals surface area contributed by atoms with Crippen molar-refractivity contribution >= 4 is 33.0 Å². The summed E-state index contributed by atoms with van der Waals surface area (Å²) in [5, 5.41) is 6.94. The number of nitrogens with one attached hydrogen (secondary N) is 2. The lowest BCUT2D eigenvalue weighted by Gasteiger charge is -2.17. The summed E-state index contributed by atoms with van der Waals surface area (Å²) in [6, 6.07) is 8.40. The Kier molecular flexibility index (Phi) is 7.97. The fourth-order valence-electron chi connectivity index (χ4n) is 2.67. The van der Waals surface area contributed by atoms with Gasteiger partial charge in [-0.2, -0.15) is 11.3 Å². The molecule has 1 unspecified atom stereocenters. The summed E-state index contributed by atoms with van der Waals surface area (Å²) in [5.41, 5.74) is 1.81. The number of benzene rings is 1. The summed E-state index contributed by atoms with van der Waals surface area (Å²) < 4.78 is 26.4. The number of hydrogen-bond donors (Lipinski definition) is 2. The first-order valence-corrected chi connectivity index (χ1v) is 11.4. The topological polar surface area (TPSA) is 70.9 Å². The van der Waals surface area contributed by atoms with E-state index < -0.39 is 10.0 Å². The lowest BCUT2D eigenvalue weighted by Crippen LogP contribution is -3.08. The third-order valence-corrected chi connectivity index (χ3v) is 6.82. The molecule has 0 fully saturated rings. The van der Waals surface area contributed by atoms with Gasteiger partial charge in [-0.3, -0.25) is 4.79 Å². The van der Waals surface area contributed by atoms with Crippen LogP contribution in [0.1, 0.15) is 25.3 Å². The molecule has 2 aromatic rings. The zero-order valence-electron chi connectivity index (χ0n) is 16.1. The molecule has 148 valence electrons. The van der Waals surface area contributed by atoms with Crippen LogP contribution in [-0.4, -0.2) is 45.8 Å². The molecule has 1 heterocycles. The molecular formula is C19H28N3O3S2+. The third-order valence-electron chi connectivity index (χ3n) is 4.22. The number of thiophene rings is 1. The molecule has 1 amide bonds. The van der Waals surface area contributed by atoms with Crippen LogP contribution < -0.4 is 10.2 Å². The Morgan fingerprint density at radius 3 is 2.52 bits per heavy atom. The molecule has 0 radical (unpaired) electrons. The SMILES string of the molecule is CCCCN(C)S(=O)(=O)c1ccc(NC(=O)C[NH+](C)Cc2ccsc2)cc1. The van der Waals surface area contributed by atoms with Gasteiger partial charge in [-0.25, -0.2) is 12.7 Å². The standard InChI is InChI=1S/C19H27N3O3S2/c1-4-5-11-22(3)27(24,25)18-8-6-17(7-9-18)20-19(23)14-21(2)13-16-10-12-26-15-16/h6-10,12,15H,4-5,11,13-14H2,1-3H3,(H,20,23)/p+1. The predicted molar refractivity (Wildman–Crippen MR) is 110 cm³/mol. The Bertz CT molecular complexity index is 818. The third kappa shape index (κ3) is 6.42. The number of hydrogen-bond acceptors (Lipinski definition) is 4. The van der Waals surface area contributed by atoms with Gasteiger partial charge < -0.3 is 10.2 Å². The highest BCUT2D eigenvalue weighted by molar-refractivity contribution is 7.89. The van der Waals surface area contributed by atoms with E-state index in [4.69, 9.17) is 0 Å². The van der Waals surface area contributed by atoms with Gasteiger partial charge in [0, 0.05) is 24.8 Å². The second-order valence-corrected chi connectivity index (χ2v) is 9.52. The van der Waals surface area contributed by atoms with E-state index >= 15 is 0 Å². The molecule has 2 rings (SSSR count). The Labute approximate surface area is 165 Å². The van der Waals surface area contributed by atoms with Crippen LogP contribution >= 0.6 is 11.3 Å². The number of quaternary nitrogens is 1. The fourth-order valence-corrected chi connectivity index (χ4v) is 4.55. The second kappa shape index (κ2) is 9.98. The number of likely N-dealkylation sites (N-methyl/N-ethyl adjacent to an activating group) is 1. The van der Waals surface area contributed by atoms with Gasteiger partial charge >= 0.3 is 0 Å². The summed E-state index contributed by atoms with van der Waals surface area (Å²) in [7, 11) is 0.0743. The summed E-state index contributed by atoms with van der Waals surface area (Å²) in [6.45, 7) is 3.65. The maximum absolute atomic E-state index is 12.5. The van der Waals surface area contributed by atoms with Crippen molar-refractivity contribution in [1.82, 2.24) is 4.31 Å². The average Bonchev–Trinajstić information content (AvgIpc) is 3.12. The highest BCUT2D eigenvalue weighted by Crippen LogP contribution is 2.17. The summed E-state index contributed by atoms with van der Waals surface area (Å²) in [4.78, 5) is 13.5. The largest absolute Gasteiger partial charge is 0.326 e. The van der Waals surface area contributed by atoms with Gasteiger partial charge in [-0.05, 0) is 47.5 Å². The van der Waals surface area contributed by atoms with E-state index in [0.717, 1.165) is 24.3 Å². The molecule has 0 saturated heterocycles. The highest BCUT2D eigenvalue weighted by Gasteiger charge is 2.20. The minimum Gasteiger partial charge on any atom is -0.326 e. The van der Waals surface area contributed by atoms with E-state index in [1.807, 2.05) is 19.4 Å². The van der Waals surface area contributed by atoms with Gasteiger partial charge in [0.25, 0.3) is 5.91 Å². The zero-order valence-corrected chi connectivity index (χ0v) is 17.7. The molecule has 0 bridgehead atoms. The Morgan fingerprint density at radius 1 is 1.22 bits per heavy atom. The fraction of sp³-hybridized carbons (Fsp3) is 0.421. The Morgan fingerprint density at radius 2 is 1.93 bits per heavy atom. The molecule has 2 N–H and O–H groups in total. The Hall–Kier alpha value is -1.74. The molecule has 1 atom stereocenters. The second-order valence-electron chi connectivity index (χ2n) is 6.69. The van der Waals surface area contributed by atoms with Crippen LogP contribution in [0.2, 0.25) is 0 Å². The number of anilines is 1. The molecular weight excluding hydrogens is 382 g/mol. The van der Waals surface area contributed by atoms with E-state index in [0.29, 0.717) is 18.8 Å². The number of unbranched alkanes of at least 4 members (excludes halogenated alkanes) is 1. The van der Waals surface area contributed by atoms with E-state index in [1.165, 1.54) is 22.0 Å². The van der Waals surface area contributed by atoms with Crippen molar-refractivity contribution in [3.63, 3.8) is 0 Å². The van der Waals surface area contributed by atoms with Crippen LogP contribution in [0.15, 0.2) is 46.0 Å². The lowest BCUT2D eigenvalue weighted by atomic mass is 10.3. The molecule has 27 heavy (non-hydrogen) atoms. The maximum atomic E-state index is 12.5. The molecule has 0 saturated carbocycles. The number of sulfonamides is 1. The quantitative estimate of drug-likeness (QED) is 0.628. The molecule has 0 aliphatic heterocycles. The molecule has 1 aromatic carbocycles. The molecule has 0 aliphatic rings. The lowest BCUT2D eigenvalue weighted by molar-refractivity contribution is -0.885. The van der Waals surface area contributed by atoms with E-state index in [1.54, 1.807) is 30.5 Å². The van der Waals surface area contributed by atoms with E-state index in [-0.39, 0.29) is 10.8 Å². The summed E-state index contributed by atoms with van der Waals surface area (Å²) in [5.74, 6) is -0.0987. The monoisotopic (exact) mass is 410 g/mol. The van der Waals surface area contributed by atoms with Gasteiger partial charge in [-0.15, -0.1) is 0 Å². The van der Waals surface area contributed by atoms with Crippen molar-refractivity contribution in [2.45, 2.75) is 31.2 Å². The van der Waals surface area contributed by atoms with Crippen molar-refractivity contribution in [2.24, 2.45) is 0 Å². The van der Waals surface area contributed by atoms with Crippen LogP contribution in [-0.2, 0) is 21.4 Å². The minimum absolute atomic E-state index is 0.0987. The number of carbonyl (C=O) groups excluding carboxylic acids is 1. The highest BCUT2D eigenvalue weighted by atomic mass is 32.2. The first kappa shape index (κ1) is 21.6. The molecule has 0 spiro atoms. The van der Waals surface area contributed by atoms with Crippen molar-refractivity contribution < 1.29 is 18.1 Å². The van der Waals surface area contributed by atoms with Crippen LogP contribution in [0.4, 0.5) is 5.69 Å². The van der Waals surface area contributed by atoms with Crippen molar-refractivity contribution in [1.29, 1.82) is 0 Å². The summed E-state index contributed by atoms with van der Waals surface area (Å²) >= 11 is 1.65. The maximum Gasteiger partial charge on any atom is 0.279 e. The zero-order chi connectivity index (χ0) is 19.9. The van der Waals surface area contributed by atoms with Crippen molar-refractivity contribution in [3.8, 4) is 0 Å². The molecule has 0 aliphatic carbocycles. The minimum atomic E-state index is -3.49. The van der Waals surface area contributed by atoms with Gasteiger partial charge in [0.15, 0.2) is 6.54 Å². The number of rotatable bonds is 10. The van der Waals surface area contributed by atoms with Crippen molar-refractivity contribution in [3.05, 3.63) is 46.7 Å². The van der Waals surface area contributed by atoms with Gasteiger partial charge in [-0.1, -0.05) is 13.3 Å². The molecule has 8 heteroatoms. The molecule has 1 aromatic heterocycles. The van der Waals surface area contributed by atoms with Crippen LogP contribution in [0.5, 0.6) is 0 Å². The van der Waals surface area contributed by atoms with E-state index in [2.05, 4.69) is 16.8 Å². The normalized spacial score (nSPS) is 12.9. The average molecular weight is 411 g/mol. The van der Waals surface area contributed by atoms with Crippen molar-refractivity contribution in [2.75, 3.05) is 32.5 Å². The van der Waals surface area contributed by atoms with Gasteiger partial charge in [0.2, 0.25) is 10.0 Å². The smallest absolute Gasteiger partial charge is 0.279 e. The first-order chi connectivity index (χ1) is 12.8. The first-order valence-electron chi connectivity index (χ1n) is 9.01.